The molecule has 0 aliphatic heterocycles. The molecular weight excluding hydrogens is 410 g/mol. The molecule has 0 aliphatic carbocycles. The van der Waals surface area contributed by atoms with Crippen LogP contribution in [0.1, 0.15) is 25.8 Å². The third-order valence-electron chi connectivity index (χ3n) is 4.62. The van der Waals surface area contributed by atoms with E-state index in [0.29, 0.717) is 30.2 Å². The van der Waals surface area contributed by atoms with Crippen molar-refractivity contribution in [2.24, 2.45) is 0 Å². The Labute approximate surface area is 178 Å². The van der Waals surface area contributed by atoms with Gasteiger partial charge in [-0.1, -0.05) is 37.6 Å². The van der Waals surface area contributed by atoms with Gasteiger partial charge in [-0.2, -0.15) is 4.31 Å². The highest BCUT2D eigenvalue weighted by Crippen LogP contribution is 2.29. The largest absolute Gasteiger partial charge is 0.376 e. The molecule has 0 saturated heterocycles. The van der Waals surface area contributed by atoms with Crippen molar-refractivity contribution in [3.8, 4) is 0 Å². The zero-order valence-corrected chi connectivity index (χ0v) is 18.8. The number of hydrogen-bond donors (Lipinski definition) is 1. The normalized spacial score (nSPS) is 11.5. The fraction of sp³-hybridized carbons (Fsp3) is 0.381. The van der Waals surface area contributed by atoms with Crippen LogP contribution in [0.25, 0.3) is 0 Å². The number of benzene rings is 2. The fourth-order valence-electron chi connectivity index (χ4n) is 3.00. The zero-order chi connectivity index (χ0) is 21.6. The first-order valence-corrected chi connectivity index (χ1v) is 11.4. The number of sulfonamides is 1. The minimum absolute atomic E-state index is 0.166. The molecule has 1 N–H and O–H groups in total. The Bertz CT molecular complexity index is 940. The SMILES string of the molecule is CCN(CC)S(=O)(=O)c1ccc(N(C)C)c(NC(=O)CCc2ccc(Cl)cc2)c1. The molecule has 0 aliphatic rings. The Hall–Kier alpha value is -2.09. The molecule has 0 aromatic heterocycles. The maximum atomic E-state index is 12.8. The topological polar surface area (TPSA) is 69.7 Å². The summed E-state index contributed by atoms with van der Waals surface area (Å²) in [6.07, 6.45) is 0.846. The lowest BCUT2D eigenvalue weighted by atomic mass is 10.1. The number of carbonyl (C=O) groups is 1. The van der Waals surface area contributed by atoms with Gasteiger partial charge >= 0.3 is 0 Å². The highest BCUT2D eigenvalue weighted by Gasteiger charge is 2.23. The minimum Gasteiger partial charge on any atom is -0.376 e. The van der Waals surface area contributed by atoms with Crippen molar-refractivity contribution < 1.29 is 13.2 Å². The number of nitrogens with one attached hydrogen (secondary N) is 1. The molecule has 8 heteroatoms. The van der Waals surface area contributed by atoms with E-state index < -0.39 is 10.0 Å². The number of amides is 1. The van der Waals surface area contributed by atoms with E-state index in [1.807, 2.05) is 31.1 Å². The third-order valence-corrected chi connectivity index (χ3v) is 6.92. The van der Waals surface area contributed by atoms with Crippen LogP contribution >= 0.6 is 11.6 Å². The van der Waals surface area contributed by atoms with E-state index in [-0.39, 0.29) is 17.2 Å². The number of aryl methyl sites for hydroxylation is 1. The van der Waals surface area contributed by atoms with Gasteiger partial charge in [0.25, 0.3) is 0 Å². The predicted octanol–water partition coefficient (Wildman–Crippen LogP) is 4.01. The van der Waals surface area contributed by atoms with Crippen LogP contribution < -0.4 is 10.2 Å². The van der Waals surface area contributed by atoms with Gasteiger partial charge in [0, 0.05) is 38.6 Å². The molecule has 6 nitrogen and oxygen atoms in total. The molecule has 0 bridgehead atoms. The second kappa shape index (κ2) is 10.1. The van der Waals surface area contributed by atoms with Crippen molar-refractivity contribution in [1.82, 2.24) is 4.31 Å². The molecule has 29 heavy (non-hydrogen) atoms. The highest BCUT2D eigenvalue weighted by molar-refractivity contribution is 7.89. The van der Waals surface area contributed by atoms with Crippen LogP contribution in [0.2, 0.25) is 5.02 Å². The maximum Gasteiger partial charge on any atom is 0.243 e. The summed E-state index contributed by atoms with van der Waals surface area (Å²) in [7, 11) is 0.0787. The van der Waals surface area contributed by atoms with Gasteiger partial charge < -0.3 is 10.2 Å². The molecule has 158 valence electrons. The Morgan fingerprint density at radius 1 is 1.03 bits per heavy atom. The Morgan fingerprint density at radius 3 is 2.21 bits per heavy atom. The summed E-state index contributed by atoms with van der Waals surface area (Å²) < 4.78 is 27.1. The molecule has 2 aromatic rings. The van der Waals surface area contributed by atoms with Crippen molar-refractivity contribution >= 4 is 38.9 Å². The highest BCUT2D eigenvalue weighted by atomic mass is 35.5. The van der Waals surface area contributed by atoms with E-state index in [0.717, 1.165) is 11.3 Å². The van der Waals surface area contributed by atoms with Crippen molar-refractivity contribution in [3.05, 3.63) is 53.1 Å². The van der Waals surface area contributed by atoms with E-state index >= 15 is 0 Å². The molecule has 0 spiro atoms. The summed E-state index contributed by atoms with van der Waals surface area (Å²) >= 11 is 5.89. The van der Waals surface area contributed by atoms with Gasteiger partial charge in [-0.25, -0.2) is 8.42 Å². The average molecular weight is 438 g/mol. The average Bonchev–Trinajstić information content (AvgIpc) is 2.68. The molecule has 2 rings (SSSR count). The van der Waals surface area contributed by atoms with Crippen molar-refractivity contribution in [3.63, 3.8) is 0 Å². The quantitative estimate of drug-likeness (QED) is 0.643. The lowest BCUT2D eigenvalue weighted by Gasteiger charge is -2.22. The van der Waals surface area contributed by atoms with Crippen molar-refractivity contribution in [2.45, 2.75) is 31.6 Å². The van der Waals surface area contributed by atoms with Crippen molar-refractivity contribution in [2.75, 3.05) is 37.4 Å². The monoisotopic (exact) mass is 437 g/mol. The van der Waals surface area contributed by atoms with Gasteiger partial charge in [-0.3, -0.25) is 4.79 Å². The van der Waals surface area contributed by atoms with Crippen LogP contribution in [-0.4, -0.2) is 45.8 Å². The molecule has 0 atom stereocenters. The van der Waals surface area contributed by atoms with Crippen LogP contribution in [0.4, 0.5) is 11.4 Å². The molecule has 0 unspecified atom stereocenters. The molecule has 1 amide bonds. The molecule has 0 radical (unpaired) electrons. The van der Waals surface area contributed by atoms with Crippen molar-refractivity contribution in [1.29, 1.82) is 0 Å². The van der Waals surface area contributed by atoms with Crippen LogP contribution in [-0.2, 0) is 21.2 Å². The van der Waals surface area contributed by atoms with Gasteiger partial charge in [0.05, 0.1) is 16.3 Å². The lowest BCUT2D eigenvalue weighted by Crippen LogP contribution is -2.30. The molecule has 0 fully saturated rings. The summed E-state index contributed by atoms with van der Waals surface area (Å²) in [4.78, 5) is 14.5. The number of nitrogens with zero attached hydrogens (tertiary/aromatic N) is 2. The van der Waals surface area contributed by atoms with Crippen LogP contribution in [0, 0.1) is 0 Å². The molecule has 0 saturated carbocycles. The van der Waals surface area contributed by atoms with Gasteiger partial charge in [0.1, 0.15) is 0 Å². The summed E-state index contributed by atoms with van der Waals surface area (Å²) in [6.45, 7) is 4.37. The Kier molecular flexibility index (Phi) is 8.07. The third kappa shape index (κ3) is 5.95. The maximum absolute atomic E-state index is 12.8. The first-order chi connectivity index (χ1) is 13.7. The van der Waals surface area contributed by atoms with Crippen LogP contribution in [0.15, 0.2) is 47.4 Å². The summed E-state index contributed by atoms with van der Waals surface area (Å²) in [5.74, 6) is -0.180. The second-order valence-electron chi connectivity index (χ2n) is 6.84. The lowest BCUT2D eigenvalue weighted by molar-refractivity contribution is -0.116. The molecule has 2 aromatic carbocycles. The number of halogens is 1. The molecular formula is C21H28ClN3O3S. The van der Waals surface area contributed by atoms with E-state index in [4.69, 9.17) is 11.6 Å². The fourth-order valence-corrected chi connectivity index (χ4v) is 4.61. The number of anilines is 2. The number of rotatable bonds is 9. The van der Waals surface area contributed by atoms with E-state index in [1.54, 1.807) is 38.1 Å². The Morgan fingerprint density at radius 2 is 1.66 bits per heavy atom. The van der Waals surface area contributed by atoms with Gasteiger partial charge in [0.15, 0.2) is 0 Å². The first kappa shape index (κ1) is 23.2. The standard InChI is InChI=1S/C21H28ClN3O3S/c1-5-25(6-2)29(27,28)18-12-13-20(24(3)4)19(15-18)23-21(26)14-9-16-7-10-17(22)11-8-16/h7-8,10-13,15H,5-6,9,14H2,1-4H3,(H,23,26). The second-order valence-corrected chi connectivity index (χ2v) is 9.21. The van der Waals surface area contributed by atoms with E-state index in [9.17, 15) is 13.2 Å². The van der Waals surface area contributed by atoms with E-state index in [2.05, 4.69) is 5.32 Å². The predicted molar refractivity (Wildman–Crippen MR) is 119 cm³/mol. The zero-order valence-electron chi connectivity index (χ0n) is 17.3. The van der Waals surface area contributed by atoms with E-state index in [1.165, 1.54) is 10.4 Å². The number of hydrogen-bond acceptors (Lipinski definition) is 4. The summed E-state index contributed by atoms with van der Waals surface area (Å²) in [5, 5.41) is 3.52. The van der Waals surface area contributed by atoms with Gasteiger partial charge in [-0.05, 0) is 42.3 Å². The Balaban J connectivity index is 2.23. The smallest absolute Gasteiger partial charge is 0.243 e. The first-order valence-electron chi connectivity index (χ1n) is 9.54. The van der Waals surface area contributed by atoms with Crippen LogP contribution in [0.5, 0.6) is 0 Å². The number of carbonyl (C=O) groups excluding carboxylic acids is 1. The van der Waals surface area contributed by atoms with Crippen LogP contribution in [0.3, 0.4) is 0 Å². The summed E-state index contributed by atoms with van der Waals surface area (Å²) in [6, 6.07) is 12.2. The minimum atomic E-state index is -3.61. The molecule has 0 heterocycles. The summed E-state index contributed by atoms with van der Waals surface area (Å²) in [5.41, 5.74) is 2.22. The van der Waals surface area contributed by atoms with Gasteiger partial charge in [-0.15, -0.1) is 0 Å². The van der Waals surface area contributed by atoms with Gasteiger partial charge in [0.2, 0.25) is 15.9 Å².